The summed E-state index contributed by atoms with van der Waals surface area (Å²) in [5.41, 5.74) is 2.60. The number of benzene rings is 1. The maximum absolute atomic E-state index is 12.3. The van der Waals surface area contributed by atoms with E-state index in [2.05, 4.69) is 33.8 Å². The van der Waals surface area contributed by atoms with Gasteiger partial charge >= 0.3 is 0 Å². The van der Waals surface area contributed by atoms with Crippen molar-refractivity contribution in [2.75, 3.05) is 26.2 Å². The Morgan fingerprint density at radius 1 is 1.18 bits per heavy atom. The molecule has 22 heavy (non-hydrogen) atoms. The molecule has 1 aliphatic rings. The molecule has 5 nitrogen and oxygen atoms in total. The van der Waals surface area contributed by atoms with Crippen molar-refractivity contribution >= 4 is 35.8 Å². The van der Waals surface area contributed by atoms with Gasteiger partial charge in [0, 0.05) is 26.2 Å². The zero-order valence-corrected chi connectivity index (χ0v) is 15.6. The van der Waals surface area contributed by atoms with Crippen molar-refractivity contribution in [3.63, 3.8) is 0 Å². The molecule has 0 fully saturated rings. The number of guanidine groups is 1. The Morgan fingerprint density at radius 3 is 2.45 bits per heavy atom. The van der Waals surface area contributed by atoms with E-state index in [9.17, 15) is 4.79 Å². The number of hydrogen-bond donors (Lipinski definition) is 2. The van der Waals surface area contributed by atoms with Crippen LogP contribution in [0.5, 0.6) is 0 Å². The van der Waals surface area contributed by atoms with Crippen molar-refractivity contribution in [2.24, 2.45) is 4.99 Å². The van der Waals surface area contributed by atoms with Crippen LogP contribution in [0.25, 0.3) is 0 Å². The van der Waals surface area contributed by atoms with Gasteiger partial charge in [-0.25, -0.2) is 4.99 Å². The standard InChI is InChI=1S/C16H24N4O.HI/c1-3-17-16(18-4-2)19-11-15(21)20-10-9-13-7-5-6-8-14(13)12-20;/h5-8H,3-4,9-12H2,1-2H3,(H2,17,18,19);1H. The van der Waals surface area contributed by atoms with Gasteiger partial charge in [0.05, 0.1) is 0 Å². The lowest BCUT2D eigenvalue weighted by Crippen LogP contribution is -2.40. The maximum Gasteiger partial charge on any atom is 0.244 e. The molecule has 2 rings (SSSR count). The van der Waals surface area contributed by atoms with Crippen LogP contribution in [0.1, 0.15) is 25.0 Å². The summed E-state index contributed by atoms with van der Waals surface area (Å²) in [5.74, 6) is 0.781. The largest absolute Gasteiger partial charge is 0.357 e. The van der Waals surface area contributed by atoms with Gasteiger partial charge in [-0.3, -0.25) is 4.79 Å². The number of halogens is 1. The second-order valence-corrected chi connectivity index (χ2v) is 5.06. The lowest BCUT2D eigenvalue weighted by atomic mass is 10.00. The fraction of sp³-hybridized carbons (Fsp3) is 0.500. The van der Waals surface area contributed by atoms with E-state index >= 15 is 0 Å². The first-order chi connectivity index (χ1) is 10.2. The van der Waals surface area contributed by atoms with E-state index in [1.54, 1.807) is 0 Å². The first-order valence-corrected chi connectivity index (χ1v) is 7.61. The van der Waals surface area contributed by atoms with Crippen LogP contribution in [0.4, 0.5) is 0 Å². The SMILES string of the molecule is CCNC(=NCC(=O)N1CCc2ccccc2C1)NCC.I. The summed E-state index contributed by atoms with van der Waals surface area (Å²) in [6.07, 6.45) is 0.929. The molecular weight excluding hydrogens is 391 g/mol. The summed E-state index contributed by atoms with van der Waals surface area (Å²) >= 11 is 0. The smallest absolute Gasteiger partial charge is 0.244 e. The van der Waals surface area contributed by atoms with E-state index < -0.39 is 0 Å². The van der Waals surface area contributed by atoms with Crippen LogP contribution in [0.15, 0.2) is 29.3 Å². The van der Waals surface area contributed by atoms with E-state index in [4.69, 9.17) is 0 Å². The monoisotopic (exact) mass is 416 g/mol. The molecule has 0 aliphatic carbocycles. The van der Waals surface area contributed by atoms with Crippen molar-refractivity contribution < 1.29 is 4.79 Å². The van der Waals surface area contributed by atoms with E-state index in [-0.39, 0.29) is 36.4 Å². The van der Waals surface area contributed by atoms with Gasteiger partial charge in [0.15, 0.2) is 5.96 Å². The number of carbonyl (C=O) groups excluding carboxylic acids is 1. The zero-order valence-electron chi connectivity index (χ0n) is 13.3. The molecule has 0 unspecified atom stereocenters. The highest BCUT2D eigenvalue weighted by Gasteiger charge is 2.19. The Labute approximate surface area is 149 Å². The first-order valence-electron chi connectivity index (χ1n) is 7.61. The van der Waals surface area contributed by atoms with Gasteiger partial charge in [0.1, 0.15) is 6.54 Å². The zero-order chi connectivity index (χ0) is 15.1. The fourth-order valence-electron chi connectivity index (χ4n) is 2.46. The van der Waals surface area contributed by atoms with Crippen molar-refractivity contribution in [3.05, 3.63) is 35.4 Å². The molecule has 6 heteroatoms. The second-order valence-electron chi connectivity index (χ2n) is 5.06. The summed E-state index contributed by atoms with van der Waals surface area (Å²) in [7, 11) is 0. The Kier molecular flexibility index (Phi) is 8.22. The normalized spacial score (nSPS) is 12.7. The van der Waals surface area contributed by atoms with Crippen LogP contribution in [0, 0.1) is 0 Å². The van der Waals surface area contributed by atoms with E-state index in [0.29, 0.717) is 12.5 Å². The highest BCUT2D eigenvalue weighted by Crippen LogP contribution is 2.18. The number of fused-ring (bicyclic) bond motifs is 1. The highest BCUT2D eigenvalue weighted by atomic mass is 127. The average molecular weight is 416 g/mol. The van der Waals surface area contributed by atoms with Crippen LogP contribution in [-0.2, 0) is 17.8 Å². The average Bonchev–Trinajstić information content (AvgIpc) is 2.52. The number of aliphatic imine (C=N–C) groups is 1. The van der Waals surface area contributed by atoms with Gasteiger partial charge in [0.25, 0.3) is 0 Å². The van der Waals surface area contributed by atoms with Crippen molar-refractivity contribution in [1.82, 2.24) is 15.5 Å². The third kappa shape index (κ3) is 5.15. The minimum Gasteiger partial charge on any atom is -0.357 e. The molecule has 2 N–H and O–H groups in total. The van der Waals surface area contributed by atoms with Gasteiger partial charge < -0.3 is 15.5 Å². The van der Waals surface area contributed by atoms with Crippen LogP contribution in [-0.4, -0.2) is 42.9 Å². The van der Waals surface area contributed by atoms with Crippen LogP contribution in [0.3, 0.4) is 0 Å². The summed E-state index contributed by atoms with van der Waals surface area (Å²) in [6, 6.07) is 8.32. The van der Waals surface area contributed by atoms with Crippen molar-refractivity contribution in [1.29, 1.82) is 0 Å². The molecule has 0 aromatic heterocycles. The molecule has 0 spiro atoms. The third-order valence-corrected chi connectivity index (χ3v) is 3.54. The number of nitrogens with one attached hydrogen (secondary N) is 2. The van der Waals surface area contributed by atoms with E-state index in [1.807, 2.05) is 24.8 Å². The molecular formula is C16H25IN4O. The molecule has 0 atom stereocenters. The lowest BCUT2D eigenvalue weighted by molar-refractivity contribution is -0.130. The molecule has 122 valence electrons. The summed E-state index contributed by atoms with van der Waals surface area (Å²) in [6.45, 7) is 7.27. The van der Waals surface area contributed by atoms with E-state index in [0.717, 1.165) is 26.1 Å². The van der Waals surface area contributed by atoms with Crippen LogP contribution < -0.4 is 10.6 Å². The Hall–Kier alpha value is -1.31. The molecule has 0 saturated heterocycles. The van der Waals surface area contributed by atoms with Crippen LogP contribution in [0.2, 0.25) is 0 Å². The molecule has 0 saturated carbocycles. The van der Waals surface area contributed by atoms with Crippen molar-refractivity contribution in [2.45, 2.75) is 26.8 Å². The quantitative estimate of drug-likeness (QED) is 0.447. The van der Waals surface area contributed by atoms with Gasteiger partial charge in [-0.2, -0.15) is 0 Å². The molecule has 1 aromatic carbocycles. The number of rotatable bonds is 4. The number of amides is 1. The molecule has 1 heterocycles. The minimum absolute atomic E-state index is 0. The Morgan fingerprint density at radius 2 is 1.82 bits per heavy atom. The Balaban J connectivity index is 0.00000242. The third-order valence-electron chi connectivity index (χ3n) is 3.54. The molecule has 1 aliphatic heterocycles. The van der Waals surface area contributed by atoms with Crippen molar-refractivity contribution in [3.8, 4) is 0 Å². The molecule has 1 aromatic rings. The first kappa shape index (κ1) is 18.7. The second kappa shape index (κ2) is 9.66. The predicted molar refractivity (Wildman–Crippen MR) is 101 cm³/mol. The number of hydrogen-bond acceptors (Lipinski definition) is 2. The van der Waals surface area contributed by atoms with E-state index in [1.165, 1.54) is 11.1 Å². The minimum atomic E-state index is 0. The predicted octanol–water partition coefficient (Wildman–Crippen LogP) is 1.76. The summed E-state index contributed by atoms with van der Waals surface area (Å²) in [4.78, 5) is 18.5. The summed E-state index contributed by atoms with van der Waals surface area (Å²) in [5, 5.41) is 6.25. The number of nitrogens with zero attached hydrogens (tertiary/aromatic N) is 2. The summed E-state index contributed by atoms with van der Waals surface area (Å²) < 4.78 is 0. The maximum atomic E-state index is 12.3. The molecule has 1 amide bonds. The van der Waals surface area contributed by atoms with Gasteiger partial charge in [-0.05, 0) is 31.4 Å². The number of carbonyl (C=O) groups is 1. The fourth-order valence-corrected chi connectivity index (χ4v) is 2.46. The topological polar surface area (TPSA) is 56.7 Å². The van der Waals surface area contributed by atoms with Crippen LogP contribution >= 0.6 is 24.0 Å². The van der Waals surface area contributed by atoms with Gasteiger partial charge in [-0.1, -0.05) is 24.3 Å². The highest BCUT2D eigenvalue weighted by molar-refractivity contribution is 14.0. The molecule has 0 bridgehead atoms. The Bertz CT molecular complexity index is 511. The van der Waals surface area contributed by atoms with Gasteiger partial charge in [0.2, 0.25) is 5.91 Å². The molecule has 0 radical (unpaired) electrons. The lowest BCUT2D eigenvalue weighted by Gasteiger charge is -2.28. The van der Waals surface area contributed by atoms with Gasteiger partial charge in [-0.15, -0.1) is 24.0 Å².